The van der Waals surface area contributed by atoms with Crippen LogP contribution in [0.2, 0.25) is 0 Å². The van der Waals surface area contributed by atoms with Crippen LogP contribution in [0.4, 0.5) is 4.39 Å². The molecule has 4 aromatic rings. The van der Waals surface area contributed by atoms with E-state index < -0.39 is 0 Å². The van der Waals surface area contributed by atoms with Crippen molar-refractivity contribution in [2.75, 3.05) is 6.54 Å². The molecule has 7 heteroatoms. The molecule has 2 N–H and O–H groups in total. The maximum atomic E-state index is 13.4. The van der Waals surface area contributed by atoms with Crippen LogP contribution in [0.5, 0.6) is 0 Å². The van der Waals surface area contributed by atoms with E-state index in [0.29, 0.717) is 6.54 Å². The van der Waals surface area contributed by atoms with Crippen molar-refractivity contribution in [3.8, 4) is 11.5 Å². The second-order valence-electron chi connectivity index (χ2n) is 6.65. The molecule has 0 radical (unpaired) electrons. The van der Waals surface area contributed by atoms with Gasteiger partial charge >= 0.3 is 0 Å². The third-order valence-corrected chi connectivity index (χ3v) is 4.93. The van der Waals surface area contributed by atoms with Crippen molar-refractivity contribution in [3.05, 3.63) is 60.0 Å². The number of hydrogen-bond donors (Lipinski definition) is 2. The van der Waals surface area contributed by atoms with E-state index in [0.717, 1.165) is 53.5 Å². The minimum absolute atomic E-state index is 0.186. The van der Waals surface area contributed by atoms with Crippen LogP contribution >= 0.6 is 0 Å². The van der Waals surface area contributed by atoms with E-state index in [9.17, 15) is 4.39 Å². The highest BCUT2D eigenvalue weighted by atomic mass is 19.1. The van der Waals surface area contributed by atoms with Crippen molar-refractivity contribution in [1.82, 2.24) is 25.1 Å². The van der Waals surface area contributed by atoms with Gasteiger partial charge in [0.05, 0.1) is 23.6 Å². The molecule has 5 rings (SSSR count). The summed E-state index contributed by atoms with van der Waals surface area (Å²) >= 11 is 0. The lowest BCUT2D eigenvalue weighted by molar-refractivity contribution is 0.222. The van der Waals surface area contributed by atoms with Crippen LogP contribution in [-0.4, -0.2) is 31.6 Å². The number of nitrogens with zero attached hydrogens (tertiary/aromatic N) is 3. The number of hydrogen-bond acceptors (Lipinski definition) is 4. The van der Waals surface area contributed by atoms with Gasteiger partial charge in [-0.05, 0) is 55.8 Å². The van der Waals surface area contributed by atoms with Gasteiger partial charge in [-0.15, -0.1) is 0 Å². The predicted octanol–water partition coefficient (Wildman–Crippen LogP) is 4.02. The van der Waals surface area contributed by atoms with Gasteiger partial charge in [-0.25, -0.2) is 9.37 Å². The molecule has 1 saturated heterocycles. The van der Waals surface area contributed by atoms with Crippen LogP contribution in [0.25, 0.3) is 22.5 Å². The summed E-state index contributed by atoms with van der Waals surface area (Å²) in [7, 11) is 0. The maximum absolute atomic E-state index is 13.4. The van der Waals surface area contributed by atoms with Gasteiger partial charge < -0.3 is 9.40 Å². The zero-order valence-corrected chi connectivity index (χ0v) is 14.1. The lowest BCUT2D eigenvalue weighted by atomic mass is 10.2. The molecule has 1 aliphatic heterocycles. The van der Waals surface area contributed by atoms with Crippen LogP contribution in [0.1, 0.15) is 30.5 Å². The summed E-state index contributed by atoms with van der Waals surface area (Å²) in [6.07, 6.45) is 3.83. The average Bonchev–Trinajstić information content (AvgIpc) is 3.41. The fourth-order valence-electron chi connectivity index (χ4n) is 3.69. The number of aromatic nitrogens is 4. The van der Waals surface area contributed by atoms with E-state index in [-0.39, 0.29) is 11.9 Å². The number of fused-ring (bicyclic) bond motifs is 1. The Kier molecular flexibility index (Phi) is 3.60. The minimum atomic E-state index is -0.252. The summed E-state index contributed by atoms with van der Waals surface area (Å²) in [5, 5.41) is 6.87. The monoisotopic (exact) mass is 351 g/mol. The molecule has 1 atom stereocenters. The molecule has 0 bridgehead atoms. The average molecular weight is 351 g/mol. The molecule has 1 fully saturated rings. The van der Waals surface area contributed by atoms with Gasteiger partial charge in [0, 0.05) is 6.20 Å². The van der Waals surface area contributed by atoms with Crippen molar-refractivity contribution in [2.45, 2.75) is 25.4 Å². The summed E-state index contributed by atoms with van der Waals surface area (Å²) in [6, 6.07) is 10.7. The first-order chi connectivity index (χ1) is 12.8. The Morgan fingerprint density at radius 2 is 2.19 bits per heavy atom. The molecule has 0 spiro atoms. The number of imidazole rings is 1. The lowest BCUT2D eigenvalue weighted by Crippen LogP contribution is -2.23. The first-order valence-electron chi connectivity index (χ1n) is 8.74. The number of H-pyrrole nitrogens is 2. The molecule has 1 aliphatic rings. The smallest absolute Gasteiger partial charge is 0.152 e. The van der Waals surface area contributed by atoms with E-state index >= 15 is 0 Å². The van der Waals surface area contributed by atoms with Gasteiger partial charge in [0.25, 0.3) is 0 Å². The number of benzene rings is 1. The summed E-state index contributed by atoms with van der Waals surface area (Å²) in [4.78, 5) is 10.3. The van der Waals surface area contributed by atoms with E-state index in [1.54, 1.807) is 12.3 Å². The minimum Gasteiger partial charge on any atom is -0.458 e. The summed E-state index contributed by atoms with van der Waals surface area (Å²) in [5.41, 5.74) is 2.41. The van der Waals surface area contributed by atoms with Gasteiger partial charge in [-0.3, -0.25) is 10.00 Å². The normalized spacial score (nSPS) is 18.1. The number of aromatic amines is 2. The molecule has 26 heavy (non-hydrogen) atoms. The first kappa shape index (κ1) is 15.3. The molecule has 1 aromatic carbocycles. The molecule has 0 aliphatic carbocycles. The Morgan fingerprint density at radius 3 is 3.08 bits per heavy atom. The van der Waals surface area contributed by atoms with Crippen molar-refractivity contribution in [2.24, 2.45) is 0 Å². The maximum Gasteiger partial charge on any atom is 0.152 e. The van der Waals surface area contributed by atoms with E-state index in [1.165, 1.54) is 12.1 Å². The lowest BCUT2D eigenvalue weighted by Gasteiger charge is -2.21. The predicted molar refractivity (Wildman–Crippen MR) is 94.7 cm³/mol. The third kappa shape index (κ3) is 2.70. The van der Waals surface area contributed by atoms with Crippen molar-refractivity contribution >= 4 is 11.0 Å². The van der Waals surface area contributed by atoms with Gasteiger partial charge in [0.2, 0.25) is 0 Å². The highest BCUT2D eigenvalue weighted by molar-refractivity contribution is 5.75. The topological polar surface area (TPSA) is 73.7 Å². The molecule has 4 heterocycles. The number of furan rings is 1. The standard InChI is InChI=1S/C19H18FN5O/c20-12-3-5-14-16(10-12)23-19(22-14)17-2-1-9-25(17)11-13-4-6-18(26-13)15-7-8-21-24-15/h3-8,10,17H,1-2,9,11H2,(H,21,24)(H,22,23). The third-order valence-electron chi connectivity index (χ3n) is 4.93. The number of nitrogens with one attached hydrogen (secondary N) is 2. The SMILES string of the molecule is Fc1ccc2nc(C3CCCN3Cc3ccc(-c4ccn[nH]4)o3)[nH]c2c1. The fraction of sp³-hybridized carbons (Fsp3) is 0.263. The van der Waals surface area contributed by atoms with E-state index in [4.69, 9.17) is 4.42 Å². The van der Waals surface area contributed by atoms with Crippen LogP contribution in [0.15, 0.2) is 47.0 Å². The fourth-order valence-corrected chi connectivity index (χ4v) is 3.69. The summed E-state index contributed by atoms with van der Waals surface area (Å²) in [6.45, 7) is 1.69. The van der Waals surface area contributed by atoms with Gasteiger partial charge in [-0.1, -0.05) is 0 Å². The van der Waals surface area contributed by atoms with Crippen LogP contribution < -0.4 is 0 Å². The van der Waals surface area contributed by atoms with Crippen molar-refractivity contribution < 1.29 is 8.81 Å². The Hall–Kier alpha value is -2.93. The number of halogens is 1. The molecule has 1 unspecified atom stereocenters. The summed E-state index contributed by atoms with van der Waals surface area (Å²) in [5.74, 6) is 2.33. The van der Waals surface area contributed by atoms with Gasteiger partial charge in [0.1, 0.15) is 23.1 Å². The zero-order valence-electron chi connectivity index (χ0n) is 14.1. The Bertz CT molecular complexity index is 1040. The molecule has 0 saturated carbocycles. The number of likely N-dealkylation sites (tertiary alicyclic amines) is 1. The highest BCUT2D eigenvalue weighted by Crippen LogP contribution is 2.33. The van der Waals surface area contributed by atoms with Gasteiger partial charge in [-0.2, -0.15) is 5.10 Å². The van der Waals surface area contributed by atoms with Crippen LogP contribution in [0, 0.1) is 5.82 Å². The zero-order chi connectivity index (χ0) is 17.5. The quantitative estimate of drug-likeness (QED) is 0.582. The molecular weight excluding hydrogens is 333 g/mol. The summed E-state index contributed by atoms with van der Waals surface area (Å²) < 4.78 is 19.4. The van der Waals surface area contributed by atoms with Crippen LogP contribution in [-0.2, 0) is 6.54 Å². The van der Waals surface area contributed by atoms with E-state index in [2.05, 4.69) is 25.1 Å². The molecule has 0 amide bonds. The first-order valence-corrected chi connectivity index (χ1v) is 8.74. The second kappa shape index (κ2) is 6.10. The molecule has 132 valence electrons. The number of rotatable bonds is 4. The van der Waals surface area contributed by atoms with Gasteiger partial charge in [0.15, 0.2) is 5.76 Å². The molecule has 3 aromatic heterocycles. The second-order valence-corrected chi connectivity index (χ2v) is 6.65. The Balaban J connectivity index is 1.38. The Labute approximate surface area is 149 Å². The largest absolute Gasteiger partial charge is 0.458 e. The van der Waals surface area contributed by atoms with E-state index in [1.807, 2.05) is 18.2 Å². The molecule has 6 nitrogen and oxygen atoms in total. The van der Waals surface area contributed by atoms with Crippen molar-refractivity contribution in [1.29, 1.82) is 0 Å². The van der Waals surface area contributed by atoms with Crippen LogP contribution in [0.3, 0.4) is 0 Å². The Morgan fingerprint density at radius 1 is 1.23 bits per heavy atom. The highest BCUT2D eigenvalue weighted by Gasteiger charge is 2.29. The molecular formula is C19H18FN5O. The van der Waals surface area contributed by atoms with Crippen molar-refractivity contribution in [3.63, 3.8) is 0 Å².